The molecule has 1 unspecified atom stereocenters. The fraction of sp³-hybridized carbons (Fsp3) is 0.273. The van der Waals surface area contributed by atoms with Crippen molar-refractivity contribution >= 4 is 26.7 Å². The molecule has 226 valence electrons. The quantitative estimate of drug-likeness (QED) is 0.219. The smallest absolute Gasteiger partial charge is 0.243 e. The van der Waals surface area contributed by atoms with Crippen molar-refractivity contribution in [2.24, 2.45) is 0 Å². The molecule has 5 aromatic rings. The molecule has 1 aliphatic heterocycles. The molecule has 6 rings (SSSR count). The molecule has 3 aromatic heterocycles. The Kier molecular flexibility index (Phi) is 9.06. The first-order valence-electron chi connectivity index (χ1n) is 14.6. The predicted octanol–water partition coefficient (Wildman–Crippen LogP) is 4.05. The number of nitrogens with zero attached hydrogens (tertiary/aromatic N) is 7. The van der Waals surface area contributed by atoms with Gasteiger partial charge in [0.2, 0.25) is 16.0 Å². The minimum Gasteiger partial charge on any atom is -0.489 e. The van der Waals surface area contributed by atoms with Gasteiger partial charge in [-0.2, -0.15) is 4.31 Å². The molecule has 0 saturated carbocycles. The van der Waals surface area contributed by atoms with E-state index in [1.165, 1.54) is 0 Å². The summed E-state index contributed by atoms with van der Waals surface area (Å²) in [6.45, 7) is 4.15. The van der Waals surface area contributed by atoms with E-state index in [1.54, 1.807) is 66.7 Å². The molecular weight excluding hydrogens is 574 g/mol. The van der Waals surface area contributed by atoms with E-state index in [0.29, 0.717) is 25.0 Å². The molecule has 4 heterocycles. The third kappa shape index (κ3) is 6.85. The Labute approximate surface area is 258 Å². The summed E-state index contributed by atoms with van der Waals surface area (Å²) >= 11 is 0. The highest BCUT2D eigenvalue weighted by Crippen LogP contribution is 2.27. The van der Waals surface area contributed by atoms with Crippen molar-refractivity contribution in [2.75, 3.05) is 44.7 Å². The number of hydrogen-bond donors (Lipinski definition) is 0. The molecule has 0 N–H and O–H groups in total. The van der Waals surface area contributed by atoms with Gasteiger partial charge in [0.25, 0.3) is 0 Å². The number of benzene rings is 2. The van der Waals surface area contributed by atoms with Crippen LogP contribution in [0.2, 0.25) is 0 Å². The zero-order chi connectivity index (χ0) is 30.4. The van der Waals surface area contributed by atoms with Crippen molar-refractivity contribution in [3.05, 3.63) is 115 Å². The molecule has 1 saturated heterocycles. The van der Waals surface area contributed by atoms with Crippen LogP contribution in [0.25, 0.3) is 10.8 Å². The third-order valence-corrected chi connectivity index (χ3v) is 10.0. The maximum atomic E-state index is 14.2. The van der Waals surface area contributed by atoms with E-state index in [9.17, 15) is 8.42 Å². The van der Waals surface area contributed by atoms with Crippen LogP contribution < -0.4 is 9.64 Å². The molecule has 1 atom stereocenters. The molecule has 1 fully saturated rings. The van der Waals surface area contributed by atoms with E-state index < -0.39 is 10.0 Å². The summed E-state index contributed by atoms with van der Waals surface area (Å²) in [5, 5.41) is 1.46. The maximum Gasteiger partial charge on any atom is 0.243 e. The number of fused-ring (bicyclic) bond motifs is 1. The summed E-state index contributed by atoms with van der Waals surface area (Å²) in [6, 6.07) is 20.4. The van der Waals surface area contributed by atoms with Gasteiger partial charge in [0.1, 0.15) is 12.4 Å². The highest BCUT2D eigenvalue weighted by atomic mass is 32.2. The van der Waals surface area contributed by atoms with Crippen LogP contribution in [0.1, 0.15) is 11.1 Å². The molecule has 10 nitrogen and oxygen atoms in total. The van der Waals surface area contributed by atoms with Crippen molar-refractivity contribution < 1.29 is 13.2 Å². The summed E-state index contributed by atoms with van der Waals surface area (Å²) in [4.78, 5) is 21.8. The third-order valence-electron chi connectivity index (χ3n) is 8.04. The molecule has 0 spiro atoms. The molecule has 0 bridgehead atoms. The monoisotopic (exact) mass is 609 g/mol. The Bertz CT molecular complexity index is 1760. The second kappa shape index (κ2) is 13.5. The summed E-state index contributed by atoms with van der Waals surface area (Å²) < 4.78 is 35.8. The zero-order valence-electron chi connectivity index (χ0n) is 24.6. The molecule has 11 heteroatoms. The minimum atomic E-state index is -3.82. The van der Waals surface area contributed by atoms with Gasteiger partial charge in [-0.05, 0) is 60.0 Å². The van der Waals surface area contributed by atoms with Gasteiger partial charge in [-0.3, -0.25) is 14.9 Å². The zero-order valence-corrected chi connectivity index (χ0v) is 25.4. The first-order valence-corrected chi connectivity index (χ1v) is 16.1. The van der Waals surface area contributed by atoms with Gasteiger partial charge in [-0.15, -0.1) is 0 Å². The van der Waals surface area contributed by atoms with Gasteiger partial charge in [0.05, 0.1) is 4.90 Å². The molecule has 0 aliphatic carbocycles. The number of hydrogen-bond acceptors (Lipinski definition) is 9. The number of pyridine rings is 2. The van der Waals surface area contributed by atoms with Crippen molar-refractivity contribution in [3.63, 3.8) is 0 Å². The standard InChI is InChI=1S/C33H35N7O3S/c1-38(44(41,42)32-5-2-4-28-23-35-17-12-31(28)32)29(24-39-18-20-40(21-19-39)33-36-13-3-14-37-33)22-26-6-8-30(9-7-26)43-25-27-10-15-34-16-11-27/h2-17,23,29H,18-22,24-25H2,1H3. The lowest BCUT2D eigenvalue weighted by atomic mass is 10.0. The summed E-state index contributed by atoms with van der Waals surface area (Å²) in [5.74, 6) is 1.48. The van der Waals surface area contributed by atoms with Gasteiger partial charge >= 0.3 is 0 Å². The lowest BCUT2D eigenvalue weighted by Gasteiger charge is -2.38. The van der Waals surface area contributed by atoms with E-state index in [1.807, 2.05) is 48.5 Å². The summed E-state index contributed by atoms with van der Waals surface area (Å²) in [7, 11) is -2.12. The Hall–Kier alpha value is -4.45. The van der Waals surface area contributed by atoms with Gasteiger partial charge in [-0.1, -0.05) is 24.3 Å². The van der Waals surface area contributed by atoms with Crippen LogP contribution in [0.5, 0.6) is 5.75 Å². The van der Waals surface area contributed by atoms with E-state index in [2.05, 4.69) is 29.7 Å². The van der Waals surface area contributed by atoms with E-state index in [-0.39, 0.29) is 10.9 Å². The number of rotatable bonds is 11. The second-order valence-corrected chi connectivity index (χ2v) is 12.8. The first kappa shape index (κ1) is 29.6. The maximum absolute atomic E-state index is 14.2. The fourth-order valence-electron chi connectivity index (χ4n) is 5.50. The van der Waals surface area contributed by atoms with Crippen molar-refractivity contribution in [1.82, 2.24) is 29.1 Å². The van der Waals surface area contributed by atoms with Crippen LogP contribution in [0.3, 0.4) is 0 Å². The Morgan fingerprint density at radius 2 is 1.55 bits per heavy atom. The minimum absolute atomic E-state index is 0.288. The Morgan fingerprint density at radius 3 is 2.30 bits per heavy atom. The molecule has 44 heavy (non-hydrogen) atoms. The van der Waals surface area contributed by atoms with E-state index >= 15 is 0 Å². The SMILES string of the molecule is CN(C(Cc1ccc(OCc2ccncc2)cc1)CN1CCN(c2ncccn2)CC1)S(=O)(=O)c1cccc2cnccc12. The number of anilines is 1. The summed E-state index contributed by atoms with van der Waals surface area (Å²) in [5.41, 5.74) is 2.07. The Balaban J connectivity index is 1.21. The van der Waals surface area contributed by atoms with Gasteiger partial charge in [-0.25, -0.2) is 18.4 Å². The Morgan fingerprint density at radius 1 is 0.818 bits per heavy atom. The fourth-order valence-corrected chi connectivity index (χ4v) is 7.06. The van der Waals surface area contributed by atoms with E-state index in [0.717, 1.165) is 54.4 Å². The van der Waals surface area contributed by atoms with Crippen molar-refractivity contribution in [2.45, 2.75) is 24.0 Å². The van der Waals surface area contributed by atoms with E-state index in [4.69, 9.17) is 4.74 Å². The molecule has 1 aliphatic rings. The average molecular weight is 610 g/mol. The highest BCUT2D eigenvalue weighted by molar-refractivity contribution is 7.89. The van der Waals surface area contributed by atoms with Gasteiger partial charge in [0, 0.05) is 93.8 Å². The number of aromatic nitrogens is 4. The number of likely N-dealkylation sites (N-methyl/N-ethyl adjacent to an activating group) is 1. The first-order chi connectivity index (χ1) is 21.5. The topological polar surface area (TPSA) is 105 Å². The lowest BCUT2D eigenvalue weighted by Crippen LogP contribution is -2.52. The number of ether oxygens (including phenoxy) is 1. The van der Waals surface area contributed by atoms with Crippen molar-refractivity contribution in [1.29, 1.82) is 0 Å². The second-order valence-electron chi connectivity index (χ2n) is 10.9. The molecule has 2 aromatic carbocycles. The van der Waals surface area contributed by atoms with Crippen LogP contribution in [0.4, 0.5) is 5.95 Å². The van der Waals surface area contributed by atoms with Crippen LogP contribution in [0.15, 0.2) is 109 Å². The molecule has 0 amide bonds. The van der Waals surface area contributed by atoms with Gasteiger partial charge < -0.3 is 9.64 Å². The van der Waals surface area contributed by atoms with Crippen molar-refractivity contribution in [3.8, 4) is 5.75 Å². The highest BCUT2D eigenvalue weighted by Gasteiger charge is 2.32. The molecule has 0 radical (unpaired) electrons. The number of piperazine rings is 1. The average Bonchev–Trinajstić information content (AvgIpc) is 3.08. The van der Waals surface area contributed by atoms with Crippen LogP contribution in [-0.4, -0.2) is 83.4 Å². The summed E-state index contributed by atoms with van der Waals surface area (Å²) in [6.07, 6.45) is 10.9. The predicted molar refractivity (Wildman–Crippen MR) is 170 cm³/mol. The van der Waals surface area contributed by atoms with Crippen LogP contribution in [-0.2, 0) is 23.1 Å². The van der Waals surface area contributed by atoms with Crippen LogP contribution >= 0.6 is 0 Å². The van der Waals surface area contributed by atoms with Crippen LogP contribution in [0, 0.1) is 0 Å². The normalized spacial score (nSPS) is 15.0. The number of sulfonamides is 1. The lowest BCUT2D eigenvalue weighted by molar-refractivity contribution is 0.200. The molecular formula is C33H35N7O3S. The largest absolute Gasteiger partial charge is 0.489 e. The van der Waals surface area contributed by atoms with Gasteiger partial charge in [0.15, 0.2) is 0 Å².